The second-order valence-corrected chi connectivity index (χ2v) is 4.51. The molecule has 0 atom stereocenters. The maximum absolute atomic E-state index is 12.4. The predicted molar refractivity (Wildman–Crippen MR) is 67.9 cm³/mol. The van der Waals surface area contributed by atoms with Crippen molar-refractivity contribution >= 4 is 28.9 Å². The van der Waals surface area contributed by atoms with Gasteiger partial charge in [0.05, 0.1) is 12.2 Å². The van der Waals surface area contributed by atoms with Crippen molar-refractivity contribution in [1.82, 2.24) is 9.59 Å². The molecule has 92 valence electrons. The number of amides is 1. The Kier molecular flexibility index (Phi) is 2.60. The van der Waals surface area contributed by atoms with E-state index < -0.39 is 0 Å². The van der Waals surface area contributed by atoms with Crippen LogP contribution in [0.25, 0.3) is 0 Å². The van der Waals surface area contributed by atoms with Crippen LogP contribution in [0, 0.1) is 0 Å². The molecule has 1 aromatic carbocycles. The highest BCUT2D eigenvalue weighted by Gasteiger charge is 2.27. The maximum Gasteiger partial charge on any atom is 0.274 e. The van der Waals surface area contributed by atoms with Gasteiger partial charge in [0.1, 0.15) is 12.4 Å². The number of carbonyl (C=O) groups is 1. The number of nitrogens with zero attached hydrogens (tertiary/aromatic N) is 3. The van der Waals surface area contributed by atoms with Crippen LogP contribution in [0.3, 0.4) is 0 Å². The minimum atomic E-state index is -0.182. The summed E-state index contributed by atoms with van der Waals surface area (Å²) in [6.07, 6.45) is 0. The minimum Gasteiger partial charge on any atom is -0.490 e. The summed E-state index contributed by atoms with van der Waals surface area (Å²) in [5.41, 5.74) is 6.38. The average molecular weight is 262 g/mol. The molecule has 2 heterocycles. The summed E-state index contributed by atoms with van der Waals surface area (Å²) >= 11 is 1.01. The van der Waals surface area contributed by atoms with Crippen molar-refractivity contribution in [2.45, 2.75) is 0 Å². The highest BCUT2D eigenvalue weighted by atomic mass is 32.1. The molecule has 0 fully saturated rings. The second kappa shape index (κ2) is 4.26. The third kappa shape index (κ3) is 1.68. The van der Waals surface area contributed by atoms with E-state index in [1.165, 1.54) is 0 Å². The number of nitrogen functional groups attached to an aromatic ring is 1. The molecule has 1 aliphatic rings. The van der Waals surface area contributed by atoms with Crippen molar-refractivity contribution in [3.8, 4) is 5.75 Å². The van der Waals surface area contributed by atoms with Gasteiger partial charge in [-0.1, -0.05) is 16.6 Å². The number of fused-ring (bicyclic) bond motifs is 1. The van der Waals surface area contributed by atoms with E-state index in [0.717, 1.165) is 17.2 Å². The van der Waals surface area contributed by atoms with Gasteiger partial charge in [0.25, 0.3) is 5.91 Å². The summed E-state index contributed by atoms with van der Waals surface area (Å²) in [4.78, 5) is 14.4. The van der Waals surface area contributed by atoms with Crippen LogP contribution in [-0.4, -0.2) is 28.6 Å². The van der Waals surface area contributed by atoms with E-state index in [4.69, 9.17) is 10.5 Å². The SMILES string of the molecule is Nc1nnsc1C(=O)N1CCOc2ccccc21. The second-order valence-electron chi connectivity index (χ2n) is 3.76. The maximum atomic E-state index is 12.4. The van der Waals surface area contributed by atoms with Crippen LogP contribution >= 0.6 is 11.5 Å². The lowest BCUT2D eigenvalue weighted by Gasteiger charge is -2.28. The van der Waals surface area contributed by atoms with Crippen molar-refractivity contribution in [1.29, 1.82) is 0 Å². The zero-order valence-corrected chi connectivity index (χ0v) is 10.2. The number of benzene rings is 1. The van der Waals surface area contributed by atoms with Crippen LogP contribution in [-0.2, 0) is 0 Å². The molecule has 18 heavy (non-hydrogen) atoms. The van der Waals surface area contributed by atoms with Gasteiger partial charge in [0.2, 0.25) is 0 Å². The Bertz CT molecular complexity index is 598. The Morgan fingerprint density at radius 3 is 3.06 bits per heavy atom. The lowest BCUT2D eigenvalue weighted by atomic mass is 10.2. The van der Waals surface area contributed by atoms with Crippen molar-refractivity contribution < 1.29 is 9.53 Å². The first-order chi connectivity index (χ1) is 8.77. The molecule has 1 amide bonds. The van der Waals surface area contributed by atoms with Crippen LogP contribution in [0.1, 0.15) is 9.67 Å². The topological polar surface area (TPSA) is 81.3 Å². The third-order valence-electron chi connectivity index (χ3n) is 2.68. The molecule has 6 nitrogen and oxygen atoms in total. The van der Waals surface area contributed by atoms with Crippen LogP contribution < -0.4 is 15.4 Å². The Labute approximate surface area is 107 Å². The molecule has 0 saturated heterocycles. The highest BCUT2D eigenvalue weighted by molar-refractivity contribution is 7.08. The van der Waals surface area contributed by atoms with Gasteiger partial charge in [0.15, 0.2) is 10.7 Å². The Morgan fingerprint density at radius 2 is 2.28 bits per heavy atom. The van der Waals surface area contributed by atoms with Crippen LogP contribution in [0.4, 0.5) is 11.5 Å². The van der Waals surface area contributed by atoms with E-state index in [-0.39, 0.29) is 11.7 Å². The van der Waals surface area contributed by atoms with Gasteiger partial charge in [-0.05, 0) is 23.7 Å². The molecular formula is C11H10N4O2S. The molecule has 0 unspecified atom stereocenters. The number of carbonyl (C=O) groups excluding carboxylic acids is 1. The van der Waals surface area contributed by atoms with Crippen LogP contribution in [0.15, 0.2) is 24.3 Å². The molecule has 0 radical (unpaired) electrons. The van der Waals surface area contributed by atoms with Gasteiger partial charge < -0.3 is 15.4 Å². The first-order valence-corrected chi connectivity index (χ1v) is 6.16. The zero-order chi connectivity index (χ0) is 12.5. The fourth-order valence-electron chi connectivity index (χ4n) is 1.85. The fourth-order valence-corrected chi connectivity index (χ4v) is 2.38. The fraction of sp³-hybridized carbons (Fsp3) is 0.182. The van der Waals surface area contributed by atoms with Crippen molar-refractivity contribution in [3.63, 3.8) is 0 Å². The highest BCUT2D eigenvalue weighted by Crippen LogP contribution is 2.32. The summed E-state index contributed by atoms with van der Waals surface area (Å²) in [6.45, 7) is 0.960. The zero-order valence-electron chi connectivity index (χ0n) is 9.37. The minimum absolute atomic E-state index is 0.175. The average Bonchev–Trinajstić information content (AvgIpc) is 2.83. The molecular weight excluding hydrogens is 252 g/mol. The van der Waals surface area contributed by atoms with Crippen LogP contribution in [0.5, 0.6) is 5.75 Å². The predicted octanol–water partition coefficient (Wildman–Crippen LogP) is 1.16. The molecule has 7 heteroatoms. The Balaban J connectivity index is 2.00. The number of hydrogen-bond acceptors (Lipinski definition) is 6. The van der Waals surface area contributed by atoms with E-state index in [0.29, 0.717) is 23.8 Å². The number of para-hydroxylation sites is 2. The number of rotatable bonds is 1. The van der Waals surface area contributed by atoms with Gasteiger partial charge in [-0.25, -0.2) is 0 Å². The van der Waals surface area contributed by atoms with E-state index in [2.05, 4.69) is 9.59 Å². The Morgan fingerprint density at radius 1 is 1.44 bits per heavy atom. The lowest BCUT2D eigenvalue weighted by molar-refractivity contribution is 0.0981. The molecule has 2 N–H and O–H groups in total. The van der Waals surface area contributed by atoms with E-state index in [9.17, 15) is 4.79 Å². The lowest BCUT2D eigenvalue weighted by Crippen LogP contribution is -2.37. The van der Waals surface area contributed by atoms with Gasteiger partial charge >= 0.3 is 0 Å². The van der Waals surface area contributed by atoms with Gasteiger partial charge in [-0.3, -0.25) is 4.79 Å². The van der Waals surface area contributed by atoms with Gasteiger partial charge in [-0.15, -0.1) is 5.10 Å². The largest absolute Gasteiger partial charge is 0.490 e. The first kappa shape index (κ1) is 11.0. The Hall–Kier alpha value is -2.15. The standard InChI is InChI=1S/C11H10N4O2S/c12-10-9(18-14-13-10)11(16)15-5-6-17-8-4-2-1-3-7(8)15/h1-4H,5-6,12H2. The molecule has 1 aliphatic heterocycles. The number of aromatic nitrogens is 2. The van der Waals surface area contributed by atoms with Gasteiger partial charge in [0, 0.05) is 0 Å². The number of ether oxygens (including phenoxy) is 1. The quantitative estimate of drug-likeness (QED) is 0.834. The molecule has 0 aliphatic carbocycles. The molecule has 1 aromatic heterocycles. The summed E-state index contributed by atoms with van der Waals surface area (Å²) in [6, 6.07) is 7.41. The summed E-state index contributed by atoms with van der Waals surface area (Å²) < 4.78 is 9.18. The van der Waals surface area contributed by atoms with E-state index in [1.807, 2.05) is 24.3 Å². The molecule has 0 bridgehead atoms. The molecule has 0 spiro atoms. The van der Waals surface area contributed by atoms with Crippen LogP contribution in [0.2, 0.25) is 0 Å². The van der Waals surface area contributed by atoms with E-state index in [1.54, 1.807) is 4.90 Å². The summed E-state index contributed by atoms with van der Waals surface area (Å²) in [5.74, 6) is 0.695. The summed E-state index contributed by atoms with van der Waals surface area (Å²) in [7, 11) is 0. The number of anilines is 2. The molecule has 0 saturated carbocycles. The molecule has 3 rings (SSSR count). The van der Waals surface area contributed by atoms with E-state index >= 15 is 0 Å². The monoisotopic (exact) mass is 262 g/mol. The normalized spacial score (nSPS) is 13.9. The first-order valence-electron chi connectivity index (χ1n) is 5.39. The summed E-state index contributed by atoms with van der Waals surface area (Å²) in [5, 5.41) is 3.66. The number of nitrogens with two attached hydrogens (primary N) is 1. The van der Waals surface area contributed by atoms with Crippen molar-refractivity contribution in [2.75, 3.05) is 23.8 Å². The molecule has 2 aromatic rings. The third-order valence-corrected chi connectivity index (χ3v) is 3.41. The smallest absolute Gasteiger partial charge is 0.274 e. The van der Waals surface area contributed by atoms with Crippen molar-refractivity contribution in [3.05, 3.63) is 29.1 Å². The van der Waals surface area contributed by atoms with Gasteiger partial charge in [-0.2, -0.15) is 0 Å². The van der Waals surface area contributed by atoms with Crippen molar-refractivity contribution in [2.24, 2.45) is 0 Å². The number of hydrogen-bond donors (Lipinski definition) is 1.